The van der Waals surface area contributed by atoms with Gasteiger partial charge in [0.05, 0.1) is 13.2 Å². The zero-order chi connectivity index (χ0) is 18.9. The van der Waals surface area contributed by atoms with E-state index in [1.165, 1.54) is 6.08 Å². The molecule has 0 saturated heterocycles. The fourth-order valence-corrected chi connectivity index (χ4v) is 2.58. The van der Waals surface area contributed by atoms with Gasteiger partial charge in [-0.3, -0.25) is 4.79 Å². The van der Waals surface area contributed by atoms with Gasteiger partial charge in [-0.15, -0.1) is 0 Å². The molecule has 0 unspecified atom stereocenters. The van der Waals surface area contributed by atoms with Crippen LogP contribution in [0.25, 0.3) is 6.08 Å². The van der Waals surface area contributed by atoms with Crippen LogP contribution in [0.5, 0.6) is 5.75 Å². The van der Waals surface area contributed by atoms with E-state index in [-0.39, 0.29) is 12.6 Å². The molecule has 2 aromatic carbocycles. The van der Waals surface area contributed by atoms with Crippen molar-refractivity contribution in [3.63, 3.8) is 0 Å². The number of hydrogen-bond acceptors (Lipinski definition) is 4. The van der Waals surface area contributed by atoms with Crippen molar-refractivity contribution < 1.29 is 19.1 Å². The number of halogens is 1. The Labute approximate surface area is 157 Å². The number of hydrogen-bond donors (Lipinski definition) is 1. The molecule has 0 aliphatic heterocycles. The highest BCUT2D eigenvalue weighted by Crippen LogP contribution is 2.21. The van der Waals surface area contributed by atoms with Gasteiger partial charge in [-0.2, -0.15) is 0 Å². The first kappa shape index (κ1) is 19.5. The second kappa shape index (κ2) is 9.63. The highest BCUT2D eigenvalue weighted by molar-refractivity contribution is 6.31. The van der Waals surface area contributed by atoms with E-state index >= 15 is 0 Å². The van der Waals surface area contributed by atoms with E-state index in [0.29, 0.717) is 10.8 Å². The molecule has 136 valence electrons. The maximum atomic E-state index is 11.9. The van der Waals surface area contributed by atoms with E-state index in [0.717, 1.165) is 11.1 Å². The number of nitrogens with one attached hydrogen (secondary N) is 1. The maximum Gasteiger partial charge on any atom is 0.331 e. The number of amides is 1. The SMILES string of the molecule is COc1cccc(/C=C/C(=O)OCC(=O)N[C@@H](C)c2ccccc2Cl)c1. The molecule has 26 heavy (non-hydrogen) atoms. The van der Waals surface area contributed by atoms with Gasteiger partial charge in [0.25, 0.3) is 5.91 Å². The monoisotopic (exact) mass is 373 g/mol. The van der Waals surface area contributed by atoms with Crippen molar-refractivity contribution in [2.24, 2.45) is 0 Å². The Morgan fingerprint density at radius 3 is 2.69 bits per heavy atom. The summed E-state index contributed by atoms with van der Waals surface area (Å²) in [7, 11) is 1.57. The summed E-state index contributed by atoms with van der Waals surface area (Å²) in [6.45, 7) is 1.44. The molecule has 0 spiro atoms. The molecule has 0 radical (unpaired) electrons. The molecule has 6 heteroatoms. The molecule has 0 saturated carbocycles. The molecule has 2 aromatic rings. The van der Waals surface area contributed by atoms with Crippen molar-refractivity contribution in [2.45, 2.75) is 13.0 Å². The summed E-state index contributed by atoms with van der Waals surface area (Å²) < 4.78 is 10.1. The van der Waals surface area contributed by atoms with Crippen LogP contribution in [0.3, 0.4) is 0 Å². The summed E-state index contributed by atoms with van der Waals surface area (Å²) in [4.78, 5) is 23.7. The van der Waals surface area contributed by atoms with Gasteiger partial charge in [-0.1, -0.05) is 41.9 Å². The first-order valence-electron chi connectivity index (χ1n) is 8.02. The lowest BCUT2D eigenvalue weighted by atomic mass is 10.1. The molecule has 1 amide bonds. The number of carbonyl (C=O) groups is 2. The lowest BCUT2D eigenvalue weighted by molar-refractivity contribution is -0.144. The van der Waals surface area contributed by atoms with Crippen LogP contribution in [-0.2, 0) is 14.3 Å². The molecule has 0 bridgehead atoms. The summed E-state index contributed by atoms with van der Waals surface area (Å²) in [6, 6.07) is 14.2. The lowest BCUT2D eigenvalue weighted by Gasteiger charge is -2.15. The van der Waals surface area contributed by atoms with Gasteiger partial charge in [0.1, 0.15) is 5.75 Å². The zero-order valence-corrected chi connectivity index (χ0v) is 15.3. The minimum atomic E-state index is -0.603. The second-order valence-corrected chi connectivity index (χ2v) is 5.94. The largest absolute Gasteiger partial charge is 0.497 e. The number of ether oxygens (including phenoxy) is 2. The van der Waals surface area contributed by atoms with Crippen LogP contribution in [-0.4, -0.2) is 25.6 Å². The summed E-state index contributed by atoms with van der Waals surface area (Å²) in [6.07, 6.45) is 2.86. The topological polar surface area (TPSA) is 64.6 Å². The summed E-state index contributed by atoms with van der Waals surface area (Å²) in [5.41, 5.74) is 1.59. The number of rotatable bonds is 7. The maximum absolute atomic E-state index is 11.9. The Morgan fingerprint density at radius 2 is 1.96 bits per heavy atom. The normalized spacial score (nSPS) is 11.8. The van der Waals surface area contributed by atoms with Crippen LogP contribution in [0.1, 0.15) is 24.1 Å². The van der Waals surface area contributed by atoms with Crippen molar-refractivity contribution in [3.05, 3.63) is 70.8 Å². The first-order valence-corrected chi connectivity index (χ1v) is 8.40. The fraction of sp³-hybridized carbons (Fsp3) is 0.200. The average molecular weight is 374 g/mol. The molecule has 1 atom stereocenters. The van der Waals surface area contributed by atoms with E-state index in [1.807, 2.05) is 37.3 Å². The molecule has 5 nitrogen and oxygen atoms in total. The third-order valence-electron chi connectivity index (χ3n) is 3.60. The predicted octanol–water partition coefficient (Wildman–Crippen LogP) is 3.78. The van der Waals surface area contributed by atoms with Gasteiger partial charge < -0.3 is 14.8 Å². The van der Waals surface area contributed by atoms with Crippen LogP contribution >= 0.6 is 11.6 Å². The zero-order valence-electron chi connectivity index (χ0n) is 14.6. The van der Waals surface area contributed by atoms with E-state index < -0.39 is 11.9 Å². The molecular weight excluding hydrogens is 354 g/mol. The molecule has 0 aromatic heterocycles. The van der Waals surface area contributed by atoms with Gasteiger partial charge in [0.2, 0.25) is 0 Å². The van der Waals surface area contributed by atoms with Crippen LogP contribution in [0.4, 0.5) is 0 Å². The van der Waals surface area contributed by atoms with Crippen molar-refractivity contribution in [2.75, 3.05) is 13.7 Å². The van der Waals surface area contributed by atoms with Gasteiger partial charge >= 0.3 is 5.97 Å². The van der Waals surface area contributed by atoms with Gasteiger partial charge in [-0.25, -0.2) is 4.79 Å². The molecule has 0 aliphatic carbocycles. The Morgan fingerprint density at radius 1 is 1.19 bits per heavy atom. The minimum Gasteiger partial charge on any atom is -0.497 e. The van der Waals surface area contributed by atoms with Gasteiger partial charge in [0, 0.05) is 11.1 Å². The first-order chi connectivity index (χ1) is 12.5. The number of benzene rings is 2. The van der Waals surface area contributed by atoms with Crippen LogP contribution in [0.15, 0.2) is 54.6 Å². The summed E-state index contributed by atoms with van der Waals surface area (Å²) in [5, 5.41) is 3.31. The molecular formula is C20H20ClNO4. The van der Waals surface area contributed by atoms with Crippen LogP contribution in [0.2, 0.25) is 5.02 Å². The Hall–Kier alpha value is -2.79. The molecule has 0 heterocycles. The van der Waals surface area contributed by atoms with Crippen molar-refractivity contribution in [1.29, 1.82) is 0 Å². The minimum absolute atomic E-state index is 0.290. The van der Waals surface area contributed by atoms with Crippen molar-refractivity contribution >= 4 is 29.6 Å². The average Bonchev–Trinajstić information content (AvgIpc) is 2.65. The van der Waals surface area contributed by atoms with E-state index in [1.54, 1.807) is 31.4 Å². The van der Waals surface area contributed by atoms with E-state index in [4.69, 9.17) is 21.1 Å². The van der Waals surface area contributed by atoms with Crippen LogP contribution in [0, 0.1) is 0 Å². The van der Waals surface area contributed by atoms with Crippen molar-refractivity contribution in [3.8, 4) is 5.75 Å². The Bertz CT molecular complexity index is 804. The van der Waals surface area contributed by atoms with Gasteiger partial charge in [-0.05, 0) is 42.3 Å². The van der Waals surface area contributed by atoms with Crippen molar-refractivity contribution in [1.82, 2.24) is 5.32 Å². The van der Waals surface area contributed by atoms with E-state index in [2.05, 4.69) is 5.32 Å². The Kier molecular flexibility index (Phi) is 7.24. The Balaban J connectivity index is 1.82. The quantitative estimate of drug-likeness (QED) is 0.592. The predicted molar refractivity (Wildman–Crippen MR) is 101 cm³/mol. The standard InChI is InChI=1S/C20H20ClNO4/c1-14(17-8-3-4-9-18(17)21)22-19(23)13-26-20(24)11-10-15-6-5-7-16(12-15)25-2/h3-12,14H,13H2,1-2H3,(H,22,23)/b11-10+/t14-/m0/s1. The highest BCUT2D eigenvalue weighted by Gasteiger charge is 2.13. The van der Waals surface area contributed by atoms with E-state index in [9.17, 15) is 9.59 Å². The second-order valence-electron chi connectivity index (χ2n) is 5.53. The summed E-state index contributed by atoms with van der Waals surface area (Å²) >= 11 is 6.10. The highest BCUT2D eigenvalue weighted by atomic mass is 35.5. The smallest absolute Gasteiger partial charge is 0.331 e. The molecule has 2 rings (SSSR count). The summed E-state index contributed by atoms with van der Waals surface area (Å²) in [5.74, 6) is -0.317. The molecule has 0 aliphatic rings. The van der Waals surface area contributed by atoms with Crippen LogP contribution < -0.4 is 10.1 Å². The molecule has 0 fully saturated rings. The van der Waals surface area contributed by atoms with Gasteiger partial charge in [0.15, 0.2) is 6.61 Å². The number of carbonyl (C=O) groups excluding carboxylic acids is 2. The molecule has 1 N–H and O–H groups in total. The number of esters is 1. The third-order valence-corrected chi connectivity index (χ3v) is 3.94. The third kappa shape index (κ3) is 5.93. The lowest BCUT2D eigenvalue weighted by Crippen LogP contribution is -2.31. The number of methoxy groups -OCH3 is 1. The fourth-order valence-electron chi connectivity index (χ4n) is 2.28.